The van der Waals surface area contributed by atoms with E-state index in [2.05, 4.69) is 21.4 Å². The predicted octanol–water partition coefficient (Wildman–Crippen LogP) is 4.35. The Hall–Kier alpha value is -2.30. The second-order valence-electron chi connectivity index (χ2n) is 6.71. The molecule has 24 heavy (non-hydrogen) atoms. The minimum absolute atomic E-state index is 0.117. The van der Waals surface area contributed by atoms with Crippen LogP contribution in [0.3, 0.4) is 0 Å². The number of benzene rings is 1. The molecule has 2 heterocycles. The number of nitrogens with zero attached hydrogens (tertiary/aromatic N) is 2. The molecule has 0 atom stereocenters. The third-order valence-electron chi connectivity index (χ3n) is 4.47. The number of anilines is 2. The van der Waals surface area contributed by atoms with Crippen molar-refractivity contribution >= 4 is 17.3 Å². The van der Waals surface area contributed by atoms with E-state index in [0.717, 1.165) is 18.8 Å². The quantitative estimate of drug-likeness (QED) is 0.907. The van der Waals surface area contributed by atoms with E-state index in [1.165, 1.54) is 24.9 Å². The Morgan fingerprint density at radius 3 is 2.71 bits per heavy atom. The van der Waals surface area contributed by atoms with Gasteiger partial charge in [-0.25, -0.2) is 0 Å². The number of carbonyl (C=O) groups excluding carboxylic acids is 1. The zero-order valence-corrected chi connectivity index (χ0v) is 14.6. The maximum Gasteiger partial charge on any atom is 0.261 e. The van der Waals surface area contributed by atoms with Crippen LogP contribution in [0.25, 0.3) is 0 Å². The van der Waals surface area contributed by atoms with Gasteiger partial charge in [-0.3, -0.25) is 4.79 Å². The van der Waals surface area contributed by atoms with Gasteiger partial charge in [0.05, 0.1) is 5.69 Å². The van der Waals surface area contributed by atoms with Crippen LogP contribution in [0.2, 0.25) is 0 Å². The van der Waals surface area contributed by atoms with E-state index in [9.17, 15) is 4.79 Å². The molecule has 1 aromatic carbocycles. The summed E-state index contributed by atoms with van der Waals surface area (Å²) in [7, 11) is 0. The fourth-order valence-corrected chi connectivity index (χ4v) is 3.18. The number of rotatable bonds is 4. The molecule has 1 fully saturated rings. The molecule has 0 aliphatic carbocycles. The second-order valence-corrected chi connectivity index (χ2v) is 6.71. The number of aromatic nitrogens is 1. The molecular weight excluding hydrogens is 302 g/mol. The third kappa shape index (κ3) is 3.45. The highest BCUT2D eigenvalue weighted by atomic mass is 16.5. The SMILES string of the molecule is Cc1noc(C(C)C)c1C(=O)Nc1cccc(N2CCCCC2)c1. The van der Waals surface area contributed by atoms with Crippen molar-refractivity contribution in [2.75, 3.05) is 23.3 Å². The number of nitrogens with one attached hydrogen (secondary N) is 1. The monoisotopic (exact) mass is 327 g/mol. The van der Waals surface area contributed by atoms with E-state index >= 15 is 0 Å². The number of piperidine rings is 1. The molecule has 0 bridgehead atoms. The third-order valence-corrected chi connectivity index (χ3v) is 4.47. The molecule has 1 saturated heterocycles. The average molecular weight is 327 g/mol. The van der Waals surface area contributed by atoms with Crippen molar-refractivity contribution in [1.82, 2.24) is 5.16 Å². The summed E-state index contributed by atoms with van der Waals surface area (Å²) in [5.41, 5.74) is 3.15. The van der Waals surface area contributed by atoms with Gasteiger partial charge in [0.25, 0.3) is 5.91 Å². The lowest BCUT2D eigenvalue weighted by molar-refractivity contribution is 0.102. The van der Waals surface area contributed by atoms with Gasteiger partial charge < -0.3 is 14.7 Å². The Morgan fingerprint density at radius 2 is 2.00 bits per heavy atom. The first-order valence-corrected chi connectivity index (χ1v) is 8.69. The molecule has 128 valence electrons. The largest absolute Gasteiger partial charge is 0.371 e. The molecule has 0 radical (unpaired) electrons. The molecule has 5 heteroatoms. The highest BCUT2D eigenvalue weighted by molar-refractivity contribution is 6.06. The molecule has 0 unspecified atom stereocenters. The summed E-state index contributed by atoms with van der Waals surface area (Å²) in [6, 6.07) is 8.05. The van der Waals surface area contributed by atoms with Crippen LogP contribution in [0.15, 0.2) is 28.8 Å². The van der Waals surface area contributed by atoms with Crippen LogP contribution < -0.4 is 10.2 Å². The molecule has 1 aromatic heterocycles. The second kappa shape index (κ2) is 7.07. The van der Waals surface area contributed by atoms with Crippen molar-refractivity contribution in [3.8, 4) is 0 Å². The first-order valence-electron chi connectivity index (χ1n) is 8.69. The van der Waals surface area contributed by atoms with Gasteiger partial charge in [-0.15, -0.1) is 0 Å². The fourth-order valence-electron chi connectivity index (χ4n) is 3.18. The van der Waals surface area contributed by atoms with Gasteiger partial charge in [0.1, 0.15) is 5.56 Å². The maximum atomic E-state index is 12.7. The Balaban J connectivity index is 1.79. The summed E-state index contributed by atoms with van der Waals surface area (Å²) in [5.74, 6) is 0.595. The summed E-state index contributed by atoms with van der Waals surface area (Å²) in [5, 5.41) is 6.94. The maximum absolute atomic E-state index is 12.7. The summed E-state index contributed by atoms with van der Waals surface area (Å²) >= 11 is 0. The number of carbonyl (C=O) groups is 1. The van der Waals surface area contributed by atoms with Crippen LogP contribution in [-0.2, 0) is 0 Å². The van der Waals surface area contributed by atoms with Crippen LogP contribution in [0.1, 0.15) is 60.8 Å². The molecule has 0 saturated carbocycles. The van der Waals surface area contributed by atoms with Crippen LogP contribution >= 0.6 is 0 Å². The van der Waals surface area contributed by atoms with Gasteiger partial charge in [-0.1, -0.05) is 25.1 Å². The molecular formula is C19H25N3O2. The van der Waals surface area contributed by atoms with Gasteiger partial charge in [0.2, 0.25) is 0 Å². The Labute approximate surface area is 143 Å². The Bertz CT molecular complexity index is 715. The first-order chi connectivity index (χ1) is 11.6. The smallest absolute Gasteiger partial charge is 0.261 e. The summed E-state index contributed by atoms with van der Waals surface area (Å²) in [4.78, 5) is 15.1. The van der Waals surface area contributed by atoms with E-state index in [0.29, 0.717) is 17.0 Å². The van der Waals surface area contributed by atoms with Gasteiger partial charge in [0, 0.05) is 30.4 Å². The standard InChI is InChI=1S/C19H25N3O2/c1-13(2)18-17(14(3)21-24-18)19(23)20-15-8-7-9-16(12-15)22-10-5-4-6-11-22/h7-9,12-13H,4-6,10-11H2,1-3H3,(H,20,23). The summed E-state index contributed by atoms with van der Waals surface area (Å²) < 4.78 is 5.32. The number of amides is 1. The van der Waals surface area contributed by atoms with Gasteiger partial charge in [-0.2, -0.15) is 0 Å². The average Bonchev–Trinajstić information content (AvgIpc) is 2.98. The van der Waals surface area contributed by atoms with E-state index in [1.807, 2.05) is 32.0 Å². The molecule has 3 rings (SSSR count). The van der Waals surface area contributed by atoms with Crippen molar-refractivity contribution in [2.24, 2.45) is 0 Å². The minimum Gasteiger partial charge on any atom is -0.371 e. The summed E-state index contributed by atoms with van der Waals surface area (Å²) in [6.45, 7) is 7.95. The van der Waals surface area contributed by atoms with Gasteiger partial charge in [-0.05, 0) is 44.4 Å². The highest BCUT2D eigenvalue weighted by Gasteiger charge is 2.22. The lowest BCUT2D eigenvalue weighted by Crippen LogP contribution is -2.29. The number of hydrogen-bond acceptors (Lipinski definition) is 4. The molecule has 1 aliphatic heterocycles. The van der Waals surface area contributed by atoms with Crippen LogP contribution in [0.5, 0.6) is 0 Å². The van der Waals surface area contributed by atoms with Crippen molar-refractivity contribution in [2.45, 2.75) is 46.0 Å². The highest BCUT2D eigenvalue weighted by Crippen LogP contribution is 2.26. The topological polar surface area (TPSA) is 58.4 Å². The van der Waals surface area contributed by atoms with E-state index in [1.54, 1.807) is 6.92 Å². The predicted molar refractivity (Wildman–Crippen MR) is 95.8 cm³/mol. The first kappa shape index (κ1) is 16.6. The van der Waals surface area contributed by atoms with Gasteiger partial charge >= 0.3 is 0 Å². The molecule has 1 aliphatic rings. The molecule has 5 nitrogen and oxygen atoms in total. The lowest BCUT2D eigenvalue weighted by atomic mass is 10.0. The fraction of sp³-hybridized carbons (Fsp3) is 0.474. The molecule has 1 N–H and O–H groups in total. The Morgan fingerprint density at radius 1 is 1.25 bits per heavy atom. The molecule has 1 amide bonds. The number of aryl methyl sites for hydroxylation is 1. The van der Waals surface area contributed by atoms with Gasteiger partial charge in [0.15, 0.2) is 5.76 Å². The molecule has 0 spiro atoms. The zero-order valence-electron chi connectivity index (χ0n) is 14.6. The van der Waals surface area contributed by atoms with Crippen molar-refractivity contribution in [3.05, 3.63) is 41.3 Å². The normalized spacial score (nSPS) is 14.9. The summed E-state index contributed by atoms with van der Waals surface area (Å²) in [6.07, 6.45) is 3.76. The van der Waals surface area contributed by atoms with E-state index in [-0.39, 0.29) is 11.8 Å². The molecule has 2 aromatic rings. The minimum atomic E-state index is -0.159. The van der Waals surface area contributed by atoms with E-state index < -0.39 is 0 Å². The lowest BCUT2D eigenvalue weighted by Gasteiger charge is -2.29. The van der Waals surface area contributed by atoms with E-state index in [4.69, 9.17) is 4.52 Å². The van der Waals surface area contributed by atoms with Crippen LogP contribution in [-0.4, -0.2) is 24.2 Å². The van der Waals surface area contributed by atoms with Crippen molar-refractivity contribution in [1.29, 1.82) is 0 Å². The Kier molecular flexibility index (Phi) is 4.88. The van der Waals surface area contributed by atoms with Crippen molar-refractivity contribution in [3.63, 3.8) is 0 Å². The van der Waals surface area contributed by atoms with Crippen LogP contribution in [0.4, 0.5) is 11.4 Å². The zero-order chi connectivity index (χ0) is 17.1. The van der Waals surface area contributed by atoms with Crippen molar-refractivity contribution < 1.29 is 9.32 Å². The van der Waals surface area contributed by atoms with Crippen LogP contribution in [0, 0.1) is 6.92 Å². The number of hydrogen-bond donors (Lipinski definition) is 1.